The second-order valence-corrected chi connectivity index (χ2v) is 4.06. The number of benzene rings is 1. The third-order valence-corrected chi connectivity index (χ3v) is 2.68. The molecule has 0 atom stereocenters. The minimum atomic E-state index is 0.450. The Balaban J connectivity index is 1.74. The average Bonchev–Trinajstić information content (AvgIpc) is 2.81. The van der Waals surface area contributed by atoms with Crippen molar-refractivity contribution in [3.8, 4) is 5.75 Å². The fourth-order valence-corrected chi connectivity index (χ4v) is 1.78. The molecule has 3 aromatic rings. The van der Waals surface area contributed by atoms with Crippen molar-refractivity contribution in [1.82, 2.24) is 9.38 Å². The van der Waals surface area contributed by atoms with E-state index in [1.165, 1.54) is 0 Å². The zero-order chi connectivity index (χ0) is 12.4. The van der Waals surface area contributed by atoms with E-state index in [4.69, 9.17) is 10.5 Å². The van der Waals surface area contributed by atoms with Gasteiger partial charge in [-0.3, -0.25) is 0 Å². The Morgan fingerprint density at radius 3 is 2.72 bits per heavy atom. The molecule has 0 bridgehead atoms. The van der Waals surface area contributed by atoms with E-state index >= 15 is 0 Å². The normalized spacial score (nSPS) is 10.7. The van der Waals surface area contributed by atoms with Crippen LogP contribution in [-0.2, 0) is 6.61 Å². The second-order valence-electron chi connectivity index (χ2n) is 4.06. The lowest BCUT2D eigenvalue weighted by atomic mass is 10.3. The first-order chi connectivity index (χ1) is 8.81. The Hall–Kier alpha value is -2.49. The molecule has 0 aliphatic carbocycles. The molecule has 0 saturated carbocycles. The molecule has 0 fully saturated rings. The molecule has 4 heteroatoms. The number of anilines is 1. The van der Waals surface area contributed by atoms with Crippen molar-refractivity contribution in [3.63, 3.8) is 0 Å². The van der Waals surface area contributed by atoms with Gasteiger partial charge in [0.2, 0.25) is 0 Å². The van der Waals surface area contributed by atoms with Crippen LogP contribution < -0.4 is 10.5 Å². The van der Waals surface area contributed by atoms with Crippen molar-refractivity contribution in [2.75, 3.05) is 5.73 Å². The molecule has 0 amide bonds. The van der Waals surface area contributed by atoms with Gasteiger partial charge in [-0.2, -0.15) is 0 Å². The summed E-state index contributed by atoms with van der Waals surface area (Å²) in [6.45, 7) is 0.450. The Bertz CT molecular complexity index is 625. The number of pyridine rings is 1. The number of hydrogen-bond acceptors (Lipinski definition) is 3. The molecule has 0 aliphatic rings. The van der Waals surface area contributed by atoms with Gasteiger partial charge in [-0.05, 0) is 36.4 Å². The van der Waals surface area contributed by atoms with Crippen LogP contribution >= 0.6 is 0 Å². The van der Waals surface area contributed by atoms with Crippen molar-refractivity contribution in [2.45, 2.75) is 6.61 Å². The first-order valence-corrected chi connectivity index (χ1v) is 5.72. The smallest absolute Gasteiger partial charge is 0.137 e. The van der Waals surface area contributed by atoms with E-state index in [9.17, 15) is 0 Å². The molecule has 2 aromatic heterocycles. The fraction of sp³-hybridized carbons (Fsp3) is 0.0714. The zero-order valence-corrected chi connectivity index (χ0v) is 9.78. The molecule has 4 nitrogen and oxygen atoms in total. The second kappa shape index (κ2) is 4.41. The predicted molar refractivity (Wildman–Crippen MR) is 70.4 cm³/mol. The van der Waals surface area contributed by atoms with Crippen LogP contribution in [0.1, 0.15) is 5.69 Å². The fourth-order valence-electron chi connectivity index (χ4n) is 1.78. The lowest BCUT2D eigenvalue weighted by Gasteiger charge is -2.03. The number of imidazole rings is 1. The number of aromatic nitrogens is 2. The van der Waals surface area contributed by atoms with Crippen molar-refractivity contribution < 1.29 is 4.74 Å². The van der Waals surface area contributed by atoms with Gasteiger partial charge in [-0.1, -0.05) is 6.07 Å². The summed E-state index contributed by atoms with van der Waals surface area (Å²) in [5.74, 6) is 0.793. The largest absolute Gasteiger partial charge is 0.487 e. The number of nitrogens with zero attached hydrogens (tertiary/aromatic N) is 2. The van der Waals surface area contributed by atoms with E-state index in [1.54, 1.807) is 0 Å². The topological polar surface area (TPSA) is 52.5 Å². The molecule has 2 N–H and O–H groups in total. The molecule has 3 rings (SSSR count). The third kappa shape index (κ3) is 2.13. The maximum Gasteiger partial charge on any atom is 0.137 e. The number of fused-ring (bicyclic) bond motifs is 1. The van der Waals surface area contributed by atoms with E-state index in [1.807, 2.05) is 59.3 Å². The standard InChI is InChI=1S/C14H13N3O/c15-11-4-6-13(7-5-11)18-10-12-9-17-8-2-1-3-14(17)16-12/h1-9H,10,15H2. The van der Waals surface area contributed by atoms with Crippen LogP contribution in [0.25, 0.3) is 5.65 Å². The van der Waals surface area contributed by atoms with Crippen LogP contribution in [0.5, 0.6) is 5.75 Å². The molecule has 18 heavy (non-hydrogen) atoms. The highest BCUT2D eigenvalue weighted by atomic mass is 16.5. The first-order valence-electron chi connectivity index (χ1n) is 5.72. The zero-order valence-electron chi connectivity index (χ0n) is 9.78. The van der Waals surface area contributed by atoms with Crippen LogP contribution in [-0.4, -0.2) is 9.38 Å². The van der Waals surface area contributed by atoms with Gasteiger partial charge in [0, 0.05) is 18.1 Å². The molecule has 0 saturated heterocycles. The van der Waals surface area contributed by atoms with Gasteiger partial charge in [-0.25, -0.2) is 4.98 Å². The minimum absolute atomic E-state index is 0.450. The van der Waals surface area contributed by atoms with Gasteiger partial charge in [0.1, 0.15) is 18.0 Å². The summed E-state index contributed by atoms with van der Waals surface area (Å²) in [6.07, 6.45) is 3.93. The number of hydrogen-bond donors (Lipinski definition) is 1. The summed E-state index contributed by atoms with van der Waals surface area (Å²) in [7, 11) is 0. The molecule has 0 unspecified atom stereocenters. The highest BCUT2D eigenvalue weighted by Crippen LogP contribution is 2.15. The maximum absolute atomic E-state index is 5.65. The van der Waals surface area contributed by atoms with Crippen molar-refractivity contribution in [2.24, 2.45) is 0 Å². The lowest BCUT2D eigenvalue weighted by molar-refractivity contribution is 0.302. The molecule has 0 spiro atoms. The molecule has 0 aliphatic heterocycles. The highest BCUT2D eigenvalue weighted by Gasteiger charge is 2.01. The molecule has 2 heterocycles. The van der Waals surface area contributed by atoms with Crippen molar-refractivity contribution >= 4 is 11.3 Å². The Morgan fingerprint density at radius 1 is 1.11 bits per heavy atom. The number of nitrogens with two attached hydrogens (primary N) is 1. The number of rotatable bonds is 3. The van der Waals surface area contributed by atoms with Gasteiger partial charge in [-0.15, -0.1) is 0 Å². The van der Waals surface area contributed by atoms with Crippen LogP contribution in [0, 0.1) is 0 Å². The van der Waals surface area contributed by atoms with E-state index in [0.29, 0.717) is 6.61 Å². The SMILES string of the molecule is Nc1ccc(OCc2cn3ccccc3n2)cc1. The van der Waals surface area contributed by atoms with Gasteiger partial charge >= 0.3 is 0 Å². The molecular weight excluding hydrogens is 226 g/mol. The van der Waals surface area contributed by atoms with Crippen LogP contribution in [0.3, 0.4) is 0 Å². The van der Waals surface area contributed by atoms with E-state index in [0.717, 1.165) is 22.8 Å². The monoisotopic (exact) mass is 239 g/mol. The van der Waals surface area contributed by atoms with Crippen molar-refractivity contribution in [1.29, 1.82) is 0 Å². The third-order valence-electron chi connectivity index (χ3n) is 2.68. The first kappa shape index (κ1) is 10.7. The summed E-state index contributed by atoms with van der Waals surface area (Å²) >= 11 is 0. The Kier molecular flexibility index (Phi) is 2.61. The Morgan fingerprint density at radius 2 is 1.94 bits per heavy atom. The summed E-state index contributed by atoms with van der Waals surface area (Å²) in [4.78, 5) is 4.46. The summed E-state index contributed by atoms with van der Waals surface area (Å²) in [6, 6.07) is 13.2. The van der Waals surface area contributed by atoms with Crippen molar-refractivity contribution in [3.05, 3.63) is 60.6 Å². The van der Waals surface area contributed by atoms with Gasteiger partial charge in [0.25, 0.3) is 0 Å². The van der Waals surface area contributed by atoms with E-state index in [-0.39, 0.29) is 0 Å². The Labute approximate surface area is 105 Å². The molecule has 0 radical (unpaired) electrons. The summed E-state index contributed by atoms with van der Waals surface area (Å²) in [5.41, 5.74) is 8.17. The quantitative estimate of drug-likeness (QED) is 0.714. The lowest BCUT2D eigenvalue weighted by Crippen LogP contribution is -1.95. The highest BCUT2D eigenvalue weighted by molar-refractivity contribution is 5.42. The average molecular weight is 239 g/mol. The molecular formula is C14H13N3O. The van der Waals surface area contributed by atoms with Crippen LogP contribution in [0.4, 0.5) is 5.69 Å². The minimum Gasteiger partial charge on any atom is -0.487 e. The van der Waals surface area contributed by atoms with E-state index < -0.39 is 0 Å². The van der Waals surface area contributed by atoms with Gasteiger partial charge in [0.05, 0.1) is 5.69 Å². The van der Waals surface area contributed by atoms with Gasteiger partial charge in [0.15, 0.2) is 0 Å². The van der Waals surface area contributed by atoms with Crippen LogP contribution in [0.2, 0.25) is 0 Å². The predicted octanol–water partition coefficient (Wildman–Crippen LogP) is 2.50. The van der Waals surface area contributed by atoms with E-state index in [2.05, 4.69) is 4.98 Å². The summed E-state index contributed by atoms with van der Waals surface area (Å²) in [5, 5.41) is 0. The molecule has 1 aromatic carbocycles. The number of ether oxygens (including phenoxy) is 1. The summed E-state index contributed by atoms with van der Waals surface area (Å²) < 4.78 is 7.62. The van der Waals surface area contributed by atoms with Crippen LogP contribution in [0.15, 0.2) is 54.9 Å². The number of nitrogen functional groups attached to an aromatic ring is 1. The molecule has 90 valence electrons. The van der Waals surface area contributed by atoms with Gasteiger partial charge < -0.3 is 14.9 Å². The maximum atomic E-state index is 5.65.